The molecule has 2 N–H and O–H groups in total. The number of carboxylic acid groups (broad SMARTS) is 1. The van der Waals surface area contributed by atoms with E-state index >= 15 is 0 Å². The van der Waals surface area contributed by atoms with E-state index in [4.69, 9.17) is 0 Å². The highest BCUT2D eigenvalue weighted by Crippen LogP contribution is 2.16. The first-order valence-electron chi connectivity index (χ1n) is 7.18. The zero-order valence-electron chi connectivity index (χ0n) is 12.9. The van der Waals surface area contributed by atoms with Gasteiger partial charge in [-0.3, -0.25) is 9.78 Å². The smallest absolute Gasteiger partial charge is 0.308 e. The van der Waals surface area contributed by atoms with Crippen molar-refractivity contribution in [2.75, 3.05) is 6.54 Å². The van der Waals surface area contributed by atoms with Crippen LogP contribution in [0.25, 0.3) is 0 Å². The van der Waals surface area contributed by atoms with Crippen molar-refractivity contribution < 1.29 is 22.7 Å². The maximum Gasteiger partial charge on any atom is 0.308 e. The number of aryl methyl sites for hydroxylation is 1. The number of aromatic nitrogens is 1. The topological polar surface area (TPSA) is 96.4 Å². The molecule has 0 amide bonds. The van der Waals surface area contributed by atoms with E-state index < -0.39 is 32.6 Å². The third-order valence-electron chi connectivity index (χ3n) is 3.43. The number of hydrogen-bond acceptors (Lipinski definition) is 4. The second kappa shape index (κ2) is 7.50. The van der Waals surface area contributed by atoms with Crippen LogP contribution in [0.1, 0.15) is 11.3 Å². The van der Waals surface area contributed by atoms with E-state index in [2.05, 4.69) is 9.71 Å². The lowest BCUT2D eigenvalue weighted by Crippen LogP contribution is -2.34. The molecule has 2 aromatic rings. The van der Waals surface area contributed by atoms with Crippen LogP contribution in [0.4, 0.5) is 4.39 Å². The van der Waals surface area contributed by atoms with E-state index in [9.17, 15) is 22.7 Å². The molecular formula is C16H17FN2O4S. The summed E-state index contributed by atoms with van der Waals surface area (Å²) in [7, 11) is -4.14. The maximum atomic E-state index is 13.8. The van der Waals surface area contributed by atoms with E-state index in [-0.39, 0.29) is 13.0 Å². The molecule has 6 nitrogen and oxygen atoms in total. The van der Waals surface area contributed by atoms with Crippen molar-refractivity contribution in [3.8, 4) is 0 Å². The number of rotatable bonds is 7. The number of benzene rings is 1. The van der Waals surface area contributed by atoms with Crippen molar-refractivity contribution in [2.45, 2.75) is 18.2 Å². The van der Waals surface area contributed by atoms with Crippen LogP contribution < -0.4 is 4.72 Å². The van der Waals surface area contributed by atoms with Crippen LogP contribution in [0, 0.1) is 18.7 Å². The summed E-state index contributed by atoms with van der Waals surface area (Å²) in [6, 6.07) is 8.80. The first-order valence-corrected chi connectivity index (χ1v) is 8.66. The van der Waals surface area contributed by atoms with Crippen LogP contribution in [-0.2, 0) is 21.2 Å². The quantitative estimate of drug-likeness (QED) is 0.791. The van der Waals surface area contributed by atoms with Crippen LogP contribution in [-0.4, -0.2) is 31.0 Å². The summed E-state index contributed by atoms with van der Waals surface area (Å²) < 4.78 is 40.4. The molecule has 2 rings (SSSR count). The Balaban J connectivity index is 2.12. The Kier molecular flexibility index (Phi) is 5.63. The number of aliphatic carboxylic acids is 1. The summed E-state index contributed by atoms with van der Waals surface area (Å²) in [5.74, 6) is -3.05. The molecule has 1 atom stereocenters. The molecular weight excluding hydrogens is 335 g/mol. The zero-order valence-corrected chi connectivity index (χ0v) is 13.8. The summed E-state index contributed by atoms with van der Waals surface area (Å²) in [5, 5.41) is 9.26. The summed E-state index contributed by atoms with van der Waals surface area (Å²) >= 11 is 0. The largest absolute Gasteiger partial charge is 0.481 e. The molecule has 0 fully saturated rings. The molecule has 0 saturated carbocycles. The normalized spacial score (nSPS) is 12.8. The number of pyridine rings is 1. The summed E-state index contributed by atoms with van der Waals surface area (Å²) in [6.07, 6.45) is 1.59. The Morgan fingerprint density at radius 2 is 2.08 bits per heavy atom. The number of halogens is 1. The predicted molar refractivity (Wildman–Crippen MR) is 85.4 cm³/mol. The number of sulfonamides is 1. The van der Waals surface area contributed by atoms with Crippen molar-refractivity contribution in [1.82, 2.24) is 9.71 Å². The van der Waals surface area contributed by atoms with Gasteiger partial charge in [-0.05, 0) is 36.8 Å². The lowest BCUT2D eigenvalue weighted by molar-refractivity contribution is -0.141. The van der Waals surface area contributed by atoms with Crippen LogP contribution in [0.3, 0.4) is 0 Å². The highest BCUT2D eigenvalue weighted by molar-refractivity contribution is 7.89. The molecule has 0 radical (unpaired) electrons. The number of hydrogen-bond donors (Lipinski definition) is 2. The average molecular weight is 352 g/mol. The van der Waals surface area contributed by atoms with Gasteiger partial charge in [0.15, 0.2) is 0 Å². The van der Waals surface area contributed by atoms with Gasteiger partial charge in [0.1, 0.15) is 10.7 Å². The van der Waals surface area contributed by atoms with Gasteiger partial charge in [0.05, 0.1) is 5.92 Å². The van der Waals surface area contributed by atoms with Gasteiger partial charge in [0.2, 0.25) is 10.0 Å². The second-order valence-electron chi connectivity index (χ2n) is 5.35. The number of carbonyl (C=O) groups is 1. The Morgan fingerprint density at radius 1 is 1.33 bits per heavy atom. The van der Waals surface area contributed by atoms with Crippen LogP contribution in [0.2, 0.25) is 0 Å². The molecule has 128 valence electrons. The van der Waals surface area contributed by atoms with Crippen LogP contribution in [0.5, 0.6) is 0 Å². The van der Waals surface area contributed by atoms with Gasteiger partial charge in [0.25, 0.3) is 0 Å². The SMILES string of the molecule is Cc1ccc(S(=O)(=O)NCC(Cc2ccccn2)C(=O)O)c(F)c1. The molecule has 0 spiro atoms. The molecule has 0 bridgehead atoms. The highest BCUT2D eigenvalue weighted by atomic mass is 32.2. The number of nitrogens with one attached hydrogen (secondary N) is 1. The fourth-order valence-electron chi connectivity index (χ4n) is 2.13. The third-order valence-corrected chi connectivity index (χ3v) is 4.88. The monoisotopic (exact) mass is 352 g/mol. The van der Waals surface area contributed by atoms with Crippen molar-refractivity contribution in [3.63, 3.8) is 0 Å². The summed E-state index contributed by atoms with van der Waals surface area (Å²) in [4.78, 5) is 14.9. The maximum absolute atomic E-state index is 13.8. The zero-order chi connectivity index (χ0) is 17.7. The molecule has 0 saturated heterocycles. The van der Waals surface area contributed by atoms with Gasteiger partial charge in [-0.15, -0.1) is 0 Å². The van der Waals surface area contributed by atoms with Crippen LogP contribution in [0.15, 0.2) is 47.5 Å². The van der Waals surface area contributed by atoms with E-state index in [0.29, 0.717) is 11.3 Å². The summed E-state index contributed by atoms with van der Waals surface area (Å²) in [6.45, 7) is 1.28. The van der Waals surface area contributed by atoms with Crippen molar-refractivity contribution in [1.29, 1.82) is 0 Å². The average Bonchev–Trinajstić information content (AvgIpc) is 2.51. The van der Waals surface area contributed by atoms with E-state index in [0.717, 1.165) is 12.1 Å². The molecule has 0 aliphatic heterocycles. The fraction of sp³-hybridized carbons (Fsp3) is 0.250. The Hall–Kier alpha value is -2.32. The molecule has 1 unspecified atom stereocenters. The van der Waals surface area contributed by atoms with Gasteiger partial charge >= 0.3 is 5.97 Å². The highest BCUT2D eigenvalue weighted by Gasteiger charge is 2.24. The second-order valence-corrected chi connectivity index (χ2v) is 7.08. The number of nitrogens with zero attached hydrogens (tertiary/aromatic N) is 1. The minimum Gasteiger partial charge on any atom is -0.481 e. The van der Waals surface area contributed by atoms with E-state index in [1.165, 1.54) is 12.3 Å². The lowest BCUT2D eigenvalue weighted by Gasteiger charge is -2.14. The minimum atomic E-state index is -4.14. The molecule has 24 heavy (non-hydrogen) atoms. The van der Waals surface area contributed by atoms with Crippen molar-refractivity contribution in [2.24, 2.45) is 5.92 Å². The Bertz CT molecular complexity index is 825. The number of carboxylic acids is 1. The van der Waals surface area contributed by atoms with Gasteiger partial charge in [-0.25, -0.2) is 17.5 Å². The molecule has 1 aromatic carbocycles. The Morgan fingerprint density at radius 3 is 2.67 bits per heavy atom. The fourth-order valence-corrected chi connectivity index (χ4v) is 3.27. The lowest BCUT2D eigenvalue weighted by atomic mass is 10.0. The third kappa shape index (κ3) is 4.59. The van der Waals surface area contributed by atoms with Crippen LogP contribution >= 0.6 is 0 Å². The first-order chi connectivity index (χ1) is 11.3. The van der Waals surface area contributed by atoms with E-state index in [1.54, 1.807) is 25.1 Å². The van der Waals surface area contributed by atoms with Crippen molar-refractivity contribution >= 4 is 16.0 Å². The van der Waals surface area contributed by atoms with E-state index in [1.807, 2.05) is 0 Å². The molecule has 0 aliphatic rings. The first kappa shape index (κ1) is 18.0. The molecule has 1 aromatic heterocycles. The molecule has 0 aliphatic carbocycles. The van der Waals surface area contributed by atoms with Gasteiger partial charge < -0.3 is 5.11 Å². The Labute approximate surface area is 139 Å². The molecule has 1 heterocycles. The van der Waals surface area contributed by atoms with Gasteiger partial charge in [-0.1, -0.05) is 12.1 Å². The predicted octanol–water partition coefficient (Wildman–Crippen LogP) is 1.75. The molecule has 8 heteroatoms. The van der Waals surface area contributed by atoms with Gasteiger partial charge in [-0.2, -0.15) is 0 Å². The minimum absolute atomic E-state index is 0.0646. The standard InChI is InChI=1S/C16H17FN2O4S/c1-11-5-6-15(14(17)8-11)24(22,23)19-10-12(16(20)21)9-13-4-2-3-7-18-13/h2-8,12,19H,9-10H2,1H3,(H,20,21). The summed E-state index contributed by atoms with van der Waals surface area (Å²) in [5.41, 5.74) is 1.12. The van der Waals surface area contributed by atoms with Crippen molar-refractivity contribution in [3.05, 3.63) is 59.7 Å². The van der Waals surface area contributed by atoms with Gasteiger partial charge in [0, 0.05) is 24.9 Å².